The van der Waals surface area contributed by atoms with Gasteiger partial charge in [-0.15, -0.1) is 0 Å². The van der Waals surface area contributed by atoms with Crippen LogP contribution >= 0.6 is 0 Å². The van der Waals surface area contributed by atoms with Crippen LogP contribution in [0.4, 0.5) is 8.78 Å². The Morgan fingerprint density at radius 2 is 1.82 bits per heavy atom. The third-order valence-electron chi connectivity index (χ3n) is 7.47. The maximum absolute atomic E-state index is 15.3. The minimum atomic E-state index is -1.15. The number of carbonyl (C=O) groups is 3. The zero-order valence-corrected chi connectivity index (χ0v) is 24.1. The summed E-state index contributed by atoms with van der Waals surface area (Å²) in [7, 11) is 0. The summed E-state index contributed by atoms with van der Waals surface area (Å²) in [6.07, 6.45) is 2.57. The average Bonchev–Trinajstić information content (AvgIpc) is 3.37. The van der Waals surface area contributed by atoms with Crippen LogP contribution in [0.3, 0.4) is 0 Å². The Hall–Kier alpha value is -3.33. The summed E-state index contributed by atoms with van der Waals surface area (Å²) in [6, 6.07) is 6.51. The van der Waals surface area contributed by atoms with Gasteiger partial charge < -0.3 is 20.3 Å². The van der Waals surface area contributed by atoms with E-state index in [1.54, 1.807) is 11.8 Å². The number of esters is 1. The number of nitrogens with one attached hydrogen (secondary N) is 2. The second-order valence-electron chi connectivity index (χ2n) is 10.5. The van der Waals surface area contributed by atoms with Gasteiger partial charge in [-0.3, -0.25) is 14.4 Å². The average molecular weight is 558 g/mol. The third-order valence-corrected chi connectivity index (χ3v) is 7.47. The van der Waals surface area contributed by atoms with Crippen LogP contribution in [-0.2, 0) is 19.1 Å². The minimum Gasteiger partial charge on any atom is -0.466 e. The molecule has 0 bridgehead atoms. The molecule has 3 rings (SSSR count). The molecule has 2 N–H and O–H groups in total. The van der Waals surface area contributed by atoms with Gasteiger partial charge in [0.15, 0.2) is 11.6 Å². The number of aryl methyl sites for hydroxylation is 2. The van der Waals surface area contributed by atoms with Crippen LogP contribution in [0.1, 0.15) is 75.6 Å². The highest BCUT2D eigenvalue weighted by molar-refractivity contribution is 5.83. The molecule has 7 nitrogen and oxygen atoms in total. The fourth-order valence-electron chi connectivity index (χ4n) is 5.53. The molecule has 2 aromatic rings. The van der Waals surface area contributed by atoms with Crippen LogP contribution in [-0.4, -0.2) is 54.5 Å². The SMILES string of the molecule is CCC[C@H](NC[C@H]1CCCN1C(C)=O)C(=O)N[C@@H](CC(=O)OCC)c1cc(-c2c(C)cccc2C)cc(F)c1F. The lowest BCUT2D eigenvalue weighted by atomic mass is 9.92. The van der Waals surface area contributed by atoms with Crippen LogP contribution in [0.25, 0.3) is 11.1 Å². The zero-order valence-electron chi connectivity index (χ0n) is 24.1. The van der Waals surface area contributed by atoms with Gasteiger partial charge in [-0.2, -0.15) is 0 Å². The molecule has 1 aliphatic heterocycles. The number of benzene rings is 2. The second kappa shape index (κ2) is 14.3. The number of ether oxygens (including phenoxy) is 1. The molecule has 2 aromatic carbocycles. The molecule has 1 saturated heterocycles. The number of amides is 2. The fourth-order valence-corrected chi connectivity index (χ4v) is 5.53. The van der Waals surface area contributed by atoms with E-state index in [-0.39, 0.29) is 30.5 Å². The van der Waals surface area contributed by atoms with Gasteiger partial charge >= 0.3 is 5.97 Å². The predicted molar refractivity (Wildman–Crippen MR) is 151 cm³/mol. The summed E-state index contributed by atoms with van der Waals surface area (Å²) in [6.45, 7) is 10.2. The van der Waals surface area contributed by atoms with Gasteiger partial charge in [0.2, 0.25) is 11.8 Å². The van der Waals surface area contributed by atoms with Crippen molar-refractivity contribution < 1.29 is 27.9 Å². The number of nitrogens with zero attached hydrogens (tertiary/aromatic N) is 1. The number of rotatable bonds is 12. The molecule has 1 heterocycles. The number of hydrogen-bond acceptors (Lipinski definition) is 5. The van der Waals surface area contributed by atoms with Crippen molar-refractivity contribution in [1.29, 1.82) is 0 Å². The van der Waals surface area contributed by atoms with Crippen molar-refractivity contribution in [3.63, 3.8) is 0 Å². The van der Waals surface area contributed by atoms with Gasteiger partial charge in [0.25, 0.3) is 0 Å². The summed E-state index contributed by atoms with van der Waals surface area (Å²) in [4.78, 5) is 39.8. The summed E-state index contributed by atoms with van der Waals surface area (Å²) in [5, 5.41) is 6.07. The Balaban J connectivity index is 1.92. The largest absolute Gasteiger partial charge is 0.466 e. The Morgan fingerprint density at radius 3 is 2.45 bits per heavy atom. The molecular weight excluding hydrogens is 516 g/mol. The van der Waals surface area contributed by atoms with E-state index in [4.69, 9.17) is 4.74 Å². The number of hydrogen-bond donors (Lipinski definition) is 2. The summed E-state index contributed by atoms with van der Waals surface area (Å²) in [5.41, 5.74) is 2.89. The maximum Gasteiger partial charge on any atom is 0.308 e. The van der Waals surface area contributed by atoms with Crippen molar-refractivity contribution in [3.05, 3.63) is 58.7 Å². The van der Waals surface area contributed by atoms with E-state index < -0.39 is 35.6 Å². The van der Waals surface area contributed by atoms with Gasteiger partial charge in [0.1, 0.15) is 0 Å². The Bertz CT molecular complexity index is 1200. The van der Waals surface area contributed by atoms with Gasteiger partial charge in [0, 0.05) is 31.6 Å². The standard InChI is InChI=1S/C31H41F2N3O4/c1-6-10-26(34-18-23-13-9-14-36(23)21(5)37)31(39)35-27(17-28(38)40-7-2)24-15-22(16-25(32)30(24)33)29-19(3)11-8-12-20(29)4/h8,11-12,15-16,23,26-27,34H,6-7,9-10,13-14,17-18H2,1-5H3,(H,35,39)/t23-,26+,27+/m1/s1. The number of likely N-dealkylation sites (tertiary alicyclic amines) is 1. The molecule has 1 fully saturated rings. The minimum absolute atomic E-state index is 0.00318. The van der Waals surface area contributed by atoms with Crippen LogP contribution in [0, 0.1) is 25.5 Å². The molecule has 0 unspecified atom stereocenters. The Kier molecular flexibility index (Phi) is 11.2. The van der Waals surface area contributed by atoms with Crippen molar-refractivity contribution in [2.45, 2.75) is 84.8 Å². The first kappa shape index (κ1) is 31.2. The lowest BCUT2D eigenvalue weighted by Crippen LogP contribution is -2.50. The zero-order chi connectivity index (χ0) is 29.4. The molecule has 0 aliphatic carbocycles. The molecule has 2 amide bonds. The lowest BCUT2D eigenvalue weighted by Gasteiger charge is -2.28. The van der Waals surface area contributed by atoms with Gasteiger partial charge in [-0.1, -0.05) is 31.5 Å². The first-order valence-electron chi connectivity index (χ1n) is 14.1. The third kappa shape index (κ3) is 7.65. The molecule has 3 atom stereocenters. The lowest BCUT2D eigenvalue weighted by molar-refractivity contribution is -0.144. The quantitative estimate of drug-likeness (QED) is 0.354. The molecule has 0 spiro atoms. The van der Waals surface area contributed by atoms with Gasteiger partial charge in [0.05, 0.1) is 25.1 Å². The monoisotopic (exact) mass is 557 g/mol. The van der Waals surface area contributed by atoms with E-state index in [9.17, 15) is 18.8 Å². The van der Waals surface area contributed by atoms with Crippen LogP contribution in [0.2, 0.25) is 0 Å². The normalized spacial score (nSPS) is 16.5. The summed E-state index contributed by atoms with van der Waals surface area (Å²) >= 11 is 0. The van der Waals surface area contributed by atoms with E-state index in [2.05, 4.69) is 10.6 Å². The maximum atomic E-state index is 15.3. The van der Waals surface area contributed by atoms with Crippen LogP contribution in [0.5, 0.6) is 0 Å². The van der Waals surface area contributed by atoms with Crippen molar-refractivity contribution in [3.8, 4) is 11.1 Å². The van der Waals surface area contributed by atoms with Crippen molar-refractivity contribution >= 4 is 17.8 Å². The summed E-state index contributed by atoms with van der Waals surface area (Å²) in [5.74, 6) is -3.25. The highest BCUT2D eigenvalue weighted by Gasteiger charge is 2.30. The molecule has 9 heteroatoms. The van der Waals surface area contributed by atoms with Gasteiger partial charge in [-0.05, 0) is 74.4 Å². The van der Waals surface area contributed by atoms with E-state index in [0.29, 0.717) is 31.5 Å². The number of halogens is 2. The molecule has 0 aromatic heterocycles. The highest BCUT2D eigenvalue weighted by Crippen LogP contribution is 2.33. The first-order valence-corrected chi connectivity index (χ1v) is 14.1. The molecule has 0 radical (unpaired) electrons. The molecule has 1 aliphatic rings. The van der Waals surface area contributed by atoms with Crippen molar-refractivity contribution in [1.82, 2.24) is 15.5 Å². The van der Waals surface area contributed by atoms with Crippen molar-refractivity contribution in [2.24, 2.45) is 0 Å². The van der Waals surface area contributed by atoms with Gasteiger partial charge in [-0.25, -0.2) is 8.78 Å². The molecule has 0 saturated carbocycles. The topological polar surface area (TPSA) is 87.7 Å². The molecule has 40 heavy (non-hydrogen) atoms. The Morgan fingerprint density at radius 1 is 1.12 bits per heavy atom. The molecule has 218 valence electrons. The van der Waals surface area contributed by atoms with E-state index in [0.717, 1.165) is 35.6 Å². The smallest absolute Gasteiger partial charge is 0.308 e. The van der Waals surface area contributed by atoms with E-state index in [1.807, 2.05) is 39.0 Å². The van der Waals surface area contributed by atoms with Crippen LogP contribution in [0.15, 0.2) is 30.3 Å². The van der Waals surface area contributed by atoms with Crippen molar-refractivity contribution in [2.75, 3.05) is 19.7 Å². The Labute approximate surface area is 235 Å². The number of carbonyl (C=O) groups excluding carboxylic acids is 3. The first-order chi connectivity index (χ1) is 19.1. The van der Waals surface area contributed by atoms with Crippen LogP contribution < -0.4 is 10.6 Å². The second-order valence-corrected chi connectivity index (χ2v) is 10.5. The van der Waals surface area contributed by atoms with E-state index >= 15 is 4.39 Å². The highest BCUT2D eigenvalue weighted by atomic mass is 19.2. The molecular formula is C31H41F2N3O4. The predicted octanol–water partition coefficient (Wildman–Crippen LogP) is 5.13. The summed E-state index contributed by atoms with van der Waals surface area (Å²) < 4.78 is 35.4. The fraction of sp³-hybridized carbons (Fsp3) is 0.516. The van der Waals surface area contributed by atoms with E-state index in [1.165, 1.54) is 13.0 Å².